The van der Waals surface area contributed by atoms with Gasteiger partial charge in [0.1, 0.15) is 0 Å². The largest absolute Gasteiger partial charge is 0.284 e. The predicted octanol–water partition coefficient (Wildman–Crippen LogP) is 2.93. The van der Waals surface area contributed by atoms with Gasteiger partial charge in [-0.15, -0.1) is 0 Å². The number of hydrogen-bond acceptors (Lipinski definition) is 3. The van der Waals surface area contributed by atoms with Gasteiger partial charge in [0.15, 0.2) is 0 Å². The van der Waals surface area contributed by atoms with Crippen LogP contribution >= 0.6 is 0 Å². The number of aryl methyl sites for hydroxylation is 1. The summed E-state index contributed by atoms with van der Waals surface area (Å²) in [7, 11) is -3.24. The summed E-state index contributed by atoms with van der Waals surface area (Å²) in [6.45, 7) is 3.91. The van der Waals surface area contributed by atoms with Gasteiger partial charge in [-0.25, -0.2) is 8.42 Å². The van der Waals surface area contributed by atoms with Crippen molar-refractivity contribution in [2.75, 3.05) is 10.5 Å². The number of aromatic nitrogens is 2. The van der Waals surface area contributed by atoms with Gasteiger partial charge < -0.3 is 0 Å². The van der Waals surface area contributed by atoms with E-state index in [4.69, 9.17) is 0 Å². The summed E-state index contributed by atoms with van der Waals surface area (Å²) in [6, 6.07) is 9.16. The molecule has 2 N–H and O–H groups in total. The third kappa shape index (κ3) is 3.84. The van der Waals surface area contributed by atoms with Crippen LogP contribution in [0.1, 0.15) is 25.5 Å². The van der Waals surface area contributed by atoms with E-state index in [1.807, 2.05) is 32.0 Å². The molecule has 5 nitrogen and oxygen atoms in total. The summed E-state index contributed by atoms with van der Waals surface area (Å²) >= 11 is 0. The Kier molecular flexibility index (Phi) is 4.44. The molecule has 0 aliphatic rings. The second-order valence-electron chi connectivity index (χ2n) is 4.79. The first-order valence-electron chi connectivity index (χ1n) is 6.63. The standard InChI is InChI=1S/C14H19N3O2S/c1-3-4-9-20(18,19)17-13-7-5-12(6-8-13)14-10-11(2)15-16-14/h5-8,10,17H,3-4,9H2,1-2H3,(H,15,16). The van der Waals surface area contributed by atoms with Gasteiger partial charge in [0, 0.05) is 16.9 Å². The molecule has 0 aliphatic heterocycles. The number of aromatic amines is 1. The fourth-order valence-electron chi connectivity index (χ4n) is 1.84. The maximum atomic E-state index is 11.8. The van der Waals surface area contributed by atoms with Crippen molar-refractivity contribution in [3.05, 3.63) is 36.0 Å². The molecule has 0 amide bonds. The van der Waals surface area contributed by atoms with Gasteiger partial charge in [-0.3, -0.25) is 9.82 Å². The summed E-state index contributed by atoms with van der Waals surface area (Å²) < 4.78 is 26.2. The van der Waals surface area contributed by atoms with E-state index in [2.05, 4.69) is 14.9 Å². The molecule has 1 heterocycles. The Morgan fingerprint density at radius 2 is 1.95 bits per heavy atom. The van der Waals surface area contributed by atoms with Gasteiger partial charge in [-0.1, -0.05) is 25.5 Å². The summed E-state index contributed by atoms with van der Waals surface area (Å²) in [4.78, 5) is 0. The highest BCUT2D eigenvalue weighted by Gasteiger charge is 2.09. The second kappa shape index (κ2) is 6.09. The second-order valence-corrected chi connectivity index (χ2v) is 6.63. The summed E-state index contributed by atoms with van der Waals surface area (Å²) in [6.07, 6.45) is 1.53. The summed E-state index contributed by atoms with van der Waals surface area (Å²) in [5, 5.41) is 7.05. The molecule has 20 heavy (non-hydrogen) atoms. The number of nitrogens with one attached hydrogen (secondary N) is 2. The molecule has 0 radical (unpaired) electrons. The number of nitrogens with zero attached hydrogens (tertiary/aromatic N) is 1. The smallest absolute Gasteiger partial charge is 0.232 e. The number of hydrogen-bond donors (Lipinski definition) is 2. The van der Waals surface area contributed by atoms with E-state index in [-0.39, 0.29) is 5.75 Å². The van der Waals surface area contributed by atoms with E-state index in [0.29, 0.717) is 12.1 Å². The Morgan fingerprint density at radius 1 is 1.25 bits per heavy atom. The number of rotatable bonds is 6. The molecule has 0 aliphatic carbocycles. The van der Waals surface area contributed by atoms with Crippen molar-refractivity contribution in [1.82, 2.24) is 10.2 Å². The molecule has 108 valence electrons. The third-order valence-electron chi connectivity index (χ3n) is 2.93. The quantitative estimate of drug-likeness (QED) is 0.860. The molecule has 0 saturated heterocycles. The maximum Gasteiger partial charge on any atom is 0.232 e. The molecule has 0 spiro atoms. The summed E-state index contributed by atoms with van der Waals surface area (Å²) in [5.41, 5.74) is 3.37. The molecule has 0 bridgehead atoms. The van der Waals surface area contributed by atoms with E-state index in [9.17, 15) is 8.42 Å². The zero-order valence-electron chi connectivity index (χ0n) is 11.7. The Hall–Kier alpha value is -1.82. The van der Waals surface area contributed by atoms with Crippen molar-refractivity contribution in [3.8, 4) is 11.3 Å². The highest BCUT2D eigenvalue weighted by molar-refractivity contribution is 7.92. The normalized spacial score (nSPS) is 11.5. The minimum Gasteiger partial charge on any atom is -0.284 e. The van der Waals surface area contributed by atoms with Gasteiger partial charge in [-0.2, -0.15) is 5.10 Å². The molecule has 0 saturated carbocycles. The Balaban J connectivity index is 2.09. The zero-order valence-corrected chi connectivity index (χ0v) is 12.5. The van der Waals surface area contributed by atoms with Crippen molar-refractivity contribution in [2.45, 2.75) is 26.7 Å². The first-order chi connectivity index (χ1) is 9.50. The summed E-state index contributed by atoms with van der Waals surface area (Å²) in [5.74, 6) is 0.157. The lowest BCUT2D eigenvalue weighted by atomic mass is 10.1. The Labute approximate surface area is 119 Å². The lowest BCUT2D eigenvalue weighted by Crippen LogP contribution is -2.16. The maximum absolute atomic E-state index is 11.8. The van der Waals surface area contributed by atoms with Crippen LogP contribution in [0.15, 0.2) is 30.3 Å². The van der Waals surface area contributed by atoms with Gasteiger partial charge in [-0.05, 0) is 31.5 Å². The molecule has 1 aromatic carbocycles. The highest BCUT2D eigenvalue weighted by Crippen LogP contribution is 2.20. The van der Waals surface area contributed by atoms with E-state index in [1.54, 1.807) is 12.1 Å². The Morgan fingerprint density at radius 3 is 2.50 bits per heavy atom. The van der Waals surface area contributed by atoms with E-state index in [0.717, 1.165) is 23.4 Å². The van der Waals surface area contributed by atoms with Crippen LogP contribution in [-0.4, -0.2) is 24.4 Å². The van der Waals surface area contributed by atoms with Gasteiger partial charge in [0.05, 0.1) is 11.4 Å². The van der Waals surface area contributed by atoms with Crippen LogP contribution in [-0.2, 0) is 10.0 Å². The monoisotopic (exact) mass is 293 g/mol. The van der Waals surface area contributed by atoms with Crippen LogP contribution in [0.5, 0.6) is 0 Å². The topological polar surface area (TPSA) is 74.8 Å². The van der Waals surface area contributed by atoms with Crippen LogP contribution < -0.4 is 4.72 Å². The van der Waals surface area contributed by atoms with Crippen molar-refractivity contribution in [3.63, 3.8) is 0 Å². The Bertz CT molecular complexity index is 660. The first-order valence-corrected chi connectivity index (χ1v) is 8.28. The van der Waals surface area contributed by atoms with Crippen molar-refractivity contribution in [2.24, 2.45) is 0 Å². The van der Waals surface area contributed by atoms with Crippen LogP contribution in [0.25, 0.3) is 11.3 Å². The minimum atomic E-state index is -3.24. The molecule has 0 atom stereocenters. The number of benzene rings is 1. The van der Waals surface area contributed by atoms with E-state index in [1.165, 1.54) is 0 Å². The molecular formula is C14H19N3O2S. The highest BCUT2D eigenvalue weighted by atomic mass is 32.2. The molecular weight excluding hydrogens is 274 g/mol. The van der Waals surface area contributed by atoms with Crippen LogP contribution in [0, 0.1) is 6.92 Å². The lowest BCUT2D eigenvalue weighted by molar-refractivity contribution is 0.598. The average Bonchev–Trinajstić information content (AvgIpc) is 2.84. The molecule has 2 rings (SSSR count). The minimum absolute atomic E-state index is 0.157. The third-order valence-corrected chi connectivity index (χ3v) is 4.30. The molecule has 0 unspecified atom stereocenters. The SMILES string of the molecule is CCCCS(=O)(=O)Nc1ccc(-c2cc(C)[nH]n2)cc1. The fourth-order valence-corrected chi connectivity index (χ4v) is 3.11. The average molecular weight is 293 g/mol. The van der Waals surface area contributed by atoms with Crippen molar-refractivity contribution < 1.29 is 8.42 Å². The van der Waals surface area contributed by atoms with Gasteiger partial charge in [0.25, 0.3) is 0 Å². The predicted molar refractivity (Wildman–Crippen MR) is 81.1 cm³/mol. The lowest BCUT2D eigenvalue weighted by Gasteiger charge is -2.07. The molecule has 0 fully saturated rings. The molecule has 6 heteroatoms. The van der Waals surface area contributed by atoms with Crippen LogP contribution in [0.4, 0.5) is 5.69 Å². The zero-order chi connectivity index (χ0) is 14.6. The number of H-pyrrole nitrogens is 1. The van der Waals surface area contributed by atoms with Gasteiger partial charge in [0.2, 0.25) is 10.0 Å². The van der Waals surface area contributed by atoms with Crippen molar-refractivity contribution in [1.29, 1.82) is 0 Å². The number of sulfonamides is 1. The molecule has 1 aromatic heterocycles. The van der Waals surface area contributed by atoms with Crippen LogP contribution in [0.3, 0.4) is 0 Å². The van der Waals surface area contributed by atoms with E-state index >= 15 is 0 Å². The van der Waals surface area contributed by atoms with Crippen molar-refractivity contribution >= 4 is 15.7 Å². The fraction of sp³-hybridized carbons (Fsp3) is 0.357. The number of unbranched alkanes of at least 4 members (excludes halogenated alkanes) is 1. The molecule has 2 aromatic rings. The first kappa shape index (κ1) is 14.6. The number of anilines is 1. The van der Waals surface area contributed by atoms with Gasteiger partial charge >= 0.3 is 0 Å². The van der Waals surface area contributed by atoms with E-state index < -0.39 is 10.0 Å². The van der Waals surface area contributed by atoms with Crippen LogP contribution in [0.2, 0.25) is 0 Å².